The summed E-state index contributed by atoms with van der Waals surface area (Å²) in [4.78, 5) is 27.3. The normalized spacial score (nSPS) is 21.3. The fourth-order valence-corrected chi connectivity index (χ4v) is 3.07. The highest BCUT2D eigenvalue weighted by Crippen LogP contribution is 2.32. The van der Waals surface area contributed by atoms with E-state index in [2.05, 4.69) is 5.32 Å². The topological polar surface area (TPSA) is 49.4 Å². The summed E-state index contributed by atoms with van der Waals surface area (Å²) in [6, 6.07) is 7.33. The van der Waals surface area contributed by atoms with E-state index < -0.39 is 11.6 Å². The van der Waals surface area contributed by atoms with Gasteiger partial charge in [0, 0.05) is 5.69 Å². The molecule has 1 aliphatic rings. The predicted molar refractivity (Wildman–Crippen MR) is 84.2 cm³/mol. The van der Waals surface area contributed by atoms with Crippen LogP contribution in [0.1, 0.15) is 45.6 Å². The Morgan fingerprint density at radius 2 is 1.76 bits per heavy atom. The van der Waals surface area contributed by atoms with E-state index in [1.165, 1.54) is 0 Å². The van der Waals surface area contributed by atoms with Crippen molar-refractivity contribution in [3.63, 3.8) is 0 Å². The van der Waals surface area contributed by atoms with Crippen molar-refractivity contribution in [3.8, 4) is 0 Å². The third-order valence-electron chi connectivity index (χ3n) is 4.57. The molecule has 1 N–H and O–H groups in total. The number of aryl methyl sites for hydroxylation is 1. The zero-order valence-corrected chi connectivity index (χ0v) is 13.3. The van der Waals surface area contributed by atoms with Crippen LogP contribution in [0.5, 0.6) is 0 Å². The SMILES string of the molecule is CCC1C(=O)NC(CC)(CC)C(=O)N1c1ccccc1C. The van der Waals surface area contributed by atoms with Gasteiger partial charge in [-0.15, -0.1) is 0 Å². The molecule has 4 nitrogen and oxygen atoms in total. The Bertz CT molecular complexity index is 549. The molecule has 2 rings (SSSR count). The molecule has 1 atom stereocenters. The van der Waals surface area contributed by atoms with E-state index in [4.69, 9.17) is 0 Å². The number of amides is 2. The van der Waals surface area contributed by atoms with Crippen LogP contribution in [0.4, 0.5) is 5.69 Å². The molecule has 0 aliphatic carbocycles. The third kappa shape index (κ3) is 2.43. The van der Waals surface area contributed by atoms with Crippen molar-refractivity contribution in [3.05, 3.63) is 29.8 Å². The van der Waals surface area contributed by atoms with Crippen LogP contribution in [0.2, 0.25) is 0 Å². The van der Waals surface area contributed by atoms with E-state index in [0.717, 1.165) is 11.3 Å². The molecule has 0 saturated carbocycles. The summed E-state index contributed by atoms with van der Waals surface area (Å²) in [5, 5.41) is 2.97. The predicted octanol–water partition coefficient (Wildman–Crippen LogP) is 2.80. The Morgan fingerprint density at radius 3 is 2.29 bits per heavy atom. The van der Waals surface area contributed by atoms with Crippen LogP contribution in [0.3, 0.4) is 0 Å². The van der Waals surface area contributed by atoms with E-state index in [9.17, 15) is 9.59 Å². The number of para-hydroxylation sites is 1. The second-order valence-electron chi connectivity index (χ2n) is 5.66. The van der Waals surface area contributed by atoms with Gasteiger partial charge in [-0.1, -0.05) is 39.0 Å². The molecule has 0 aromatic heterocycles. The number of carbonyl (C=O) groups excluding carboxylic acids is 2. The third-order valence-corrected chi connectivity index (χ3v) is 4.57. The molecule has 0 radical (unpaired) electrons. The van der Waals surface area contributed by atoms with Gasteiger partial charge in [0.25, 0.3) is 5.91 Å². The van der Waals surface area contributed by atoms with Crippen LogP contribution >= 0.6 is 0 Å². The van der Waals surface area contributed by atoms with Crippen LogP contribution in [0.25, 0.3) is 0 Å². The number of nitrogens with one attached hydrogen (secondary N) is 1. The Hall–Kier alpha value is -1.84. The number of piperazine rings is 1. The molecular formula is C17H24N2O2. The molecule has 4 heteroatoms. The summed E-state index contributed by atoms with van der Waals surface area (Å²) in [6.45, 7) is 7.81. The van der Waals surface area contributed by atoms with E-state index in [0.29, 0.717) is 19.3 Å². The minimum atomic E-state index is -0.773. The van der Waals surface area contributed by atoms with Crippen molar-refractivity contribution in [2.24, 2.45) is 0 Å². The summed E-state index contributed by atoms with van der Waals surface area (Å²) in [5.74, 6) is -0.0442. The Morgan fingerprint density at radius 1 is 1.14 bits per heavy atom. The van der Waals surface area contributed by atoms with Gasteiger partial charge in [-0.3, -0.25) is 14.5 Å². The van der Waals surface area contributed by atoms with Gasteiger partial charge in [0.05, 0.1) is 0 Å². The van der Waals surface area contributed by atoms with Crippen molar-refractivity contribution in [2.45, 2.75) is 58.5 Å². The first-order valence-electron chi connectivity index (χ1n) is 7.72. The minimum Gasteiger partial charge on any atom is -0.340 e. The van der Waals surface area contributed by atoms with Gasteiger partial charge in [0.15, 0.2) is 0 Å². The van der Waals surface area contributed by atoms with Crippen molar-refractivity contribution in [1.29, 1.82) is 0 Å². The Labute approximate surface area is 126 Å². The maximum atomic E-state index is 13.1. The van der Waals surface area contributed by atoms with Crippen LogP contribution < -0.4 is 10.2 Å². The summed E-state index contributed by atoms with van der Waals surface area (Å²) >= 11 is 0. The molecule has 114 valence electrons. The maximum absolute atomic E-state index is 13.1. The van der Waals surface area contributed by atoms with Crippen LogP contribution in [0.15, 0.2) is 24.3 Å². The molecule has 0 bridgehead atoms. The standard InChI is InChI=1S/C17H24N2O2/c1-5-13-15(20)18-17(6-2,7-3)16(21)19(13)14-11-9-8-10-12(14)4/h8-11,13H,5-7H2,1-4H3,(H,18,20). The number of carbonyl (C=O) groups is 2. The maximum Gasteiger partial charge on any atom is 0.253 e. The fraction of sp³-hybridized carbons (Fsp3) is 0.529. The summed E-state index contributed by atoms with van der Waals surface area (Å²) < 4.78 is 0. The summed E-state index contributed by atoms with van der Waals surface area (Å²) in [6.07, 6.45) is 1.81. The van der Waals surface area contributed by atoms with Gasteiger partial charge in [-0.25, -0.2) is 0 Å². The molecule has 2 amide bonds. The lowest BCUT2D eigenvalue weighted by Gasteiger charge is -2.45. The lowest BCUT2D eigenvalue weighted by molar-refractivity contribution is -0.138. The second-order valence-corrected chi connectivity index (χ2v) is 5.66. The zero-order valence-electron chi connectivity index (χ0n) is 13.3. The molecule has 1 unspecified atom stereocenters. The number of benzene rings is 1. The number of nitrogens with zero attached hydrogens (tertiary/aromatic N) is 1. The van der Waals surface area contributed by atoms with Gasteiger partial charge in [0.2, 0.25) is 5.91 Å². The summed E-state index contributed by atoms with van der Waals surface area (Å²) in [5.41, 5.74) is 1.08. The monoisotopic (exact) mass is 288 g/mol. The van der Waals surface area contributed by atoms with E-state index in [-0.39, 0.29) is 11.8 Å². The van der Waals surface area contributed by atoms with Crippen LogP contribution in [-0.4, -0.2) is 23.4 Å². The van der Waals surface area contributed by atoms with Gasteiger partial charge in [-0.2, -0.15) is 0 Å². The van der Waals surface area contributed by atoms with Gasteiger partial charge < -0.3 is 5.32 Å². The molecular weight excluding hydrogens is 264 g/mol. The summed E-state index contributed by atoms with van der Waals surface area (Å²) in [7, 11) is 0. The first-order chi connectivity index (χ1) is 10.0. The molecule has 1 aromatic rings. The molecule has 1 aliphatic heterocycles. The quantitative estimate of drug-likeness (QED) is 0.926. The van der Waals surface area contributed by atoms with Crippen LogP contribution in [0, 0.1) is 6.92 Å². The average Bonchev–Trinajstić information content (AvgIpc) is 2.50. The van der Waals surface area contributed by atoms with Crippen molar-refractivity contribution < 1.29 is 9.59 Å². The number of rotatable bonds is 4. The minimum absolute atomic E-state index is 0.00764. The number of anilines is 1. The first-order valence-corrected chi connectivity index (χ1v) is 7.72. The Kier molecular flexibility index (Phi) is 4.35. The molecule has 1 aromatic carbocycles. The van der Waals surface area contributed by atoms with E-state index in [1.807, 2.05) is 52.0 Å². The average molecular weight is 288 g/mol. The van der Waals surface area contributed by atoms with Gasteiger partial charge >= 0.3 is 0 Å². The van der Waals surface area contributed by atoms with Crippen molar-refractivity contribution >= 4 is 17.5 Å². The zero-order chi connectivity index (χ0) is 15.6. The first kappa shape index (κ1) is 15.5. The fourth-order valence-electron chi connectivity index (χ4n) is 3.07. The van der Waals surface area contributed by atoms with Crippen molar-refractivity contribution in [1.82, 2.24) is 5.32 Å². The largest absolute Gasteiger partial charge is 0.340 e. The van der Waals surface area contributed by atoms with Crippen molar-refractivity contribution in [2.75, 3.05) is 4.90 Å². The highest BCUT2D eigenvalue weighted by Gasteiger charge is 2.49. The number of hydrogen-bond donors (Lipinski definition) is 1. The van der Waals surface area contributed by atoms with E-state index >= 15 is 0 Å². The molecule has 1 saturated heterocycles. The van der Waals surface area contributed by atoms with Gasteiger partial charge in [0.1, 0.15) is 11.6 Å². The molecule has 21 heavy (non-hydrogen) atoms. The highest BCUT2D eigenvalue weighted by atomic mass is 16.2. The Balaban J connectivity index is 2.55. The lowest BCUT2D eigenvalue weighted by Crippen LogP contribution is -2.70. The molecule has 1 heterocycles. The van der Waals surface area contributed by atoms with Crippen LogP contribution in [-0.2, 0) is 9.59 Å². The lowest BCUT2D eigenvalue weighted by atomic mass is 9.86. The number of hydrogen-bond acceptors (Lipinski definition) is 2. The van der Waals surface area contributed by atoms with E-state index in [1.54, 1.807) is 4.90 Å². The molecule has 1 fully saturated rings. The smallest absolute Gasteiger partial charge is 0.253 e. The second kappa shape index (κ2) is 5.88. The highest BCUT2D eigenvalue weighted by molar-refractivity contribution is 6.11. The van der Waals surface area contributed by atoms with Gasteiger partial charge in [-0.05, 0) is 37.8 Å². The molecule has 0 spiro atoms.